The van der Waals surface area contributed by atoms with Crippen LogP contribution in [0, 0.1) is 5.92 Å². The Morgan fingerprint density at radius 3 is 2.43 bits per heavy atom. The fourth-order valence-electron chi connectivity index (χ4n) is 4.11. The molecule has 2 aromatic carbocycles. The number of carbonyl (C=O) groups is 3. The van der Waals surface area contributed by atoms with Crippen LogP contribution >= 0.6 is 15.9 Å². The molecule has 3 amide bonds. The summed E-state index contributed by atoms with van der Waals surface area (Å²) in [6.45, 7) is 0.322. The first-order valence-electron chi connectivity index (χ1n) is 10.3. The normalized spacial score (nSPS) is 19.2. The van der Waals surface area contributed by atoms with Crippen LogP contribution in [0.25, 0.3) is 0 Å². The molecule has 1 aliphatic heterocycles. The molecular weight excluding hydrogens is 446 g/mol. The van der Waals surface area contributed by atoms with E-state index in [9.17, 15) is 14.4 Å². The van der Waals surface area contributed by atoms with Gasteiger partial charge < -0.3 is 15.5 Å². The largest absolute Gasteiger partial charge is 0.349 e. The lowest BCUT2D eigenvalue weighted by atomic mass is 10.1. The lowest BCUT2D eigenvalue weighted by Crippen LogP contribution is -2.34. The second kappa shape index (κ2) is 9.00. The molecule has 0 radical (unpaired) electrons. The summed E-state index contributed by atoms with van der Waals surface area (Å²) in [4.78, 5) is 39.7. The SMILES string of the molecule is O=C(NC1CCCC1)c1ccccc1NC(=O)[C@H]1CC(=O)N(c2ccc(Br)cc2)C1. The minimum atomic E-state index is -0.466. The van der Waals surface area contributed by atoms with Crippen LogP contribution in [0.5, 0.6) is 0 Å². The monoisotopic (exact) mass is 469 g/mol. The van der Waals surface area contributed by atoms with E-state index in [0.29, 0.717) is 17.8 Å². The fourth-order valence-corrected chi connectivity index (χ4v) is 4.38. The van der Waals surface area contributed by atoms with E-state index >= 15 is 0 Å². The Morgan fingerprint density at radius 1 is 1.00 bits per heavy atom. The Hall–Kier alpha value is -2.67. The van der Waals surface area contributed by atoms with Crippen LogP contribution in [0.2, 0.25) is 0 Å². The minimum Gasteiger partial charge on any atom is -0.349 e. The second-order valence-electron chi connectivity index (χ2n) is 7.87. The van der Waals surface area contributed by atoms with Crippen molar-refractivity contribution >= 4 is 45.0 Å². The summed E-state index contributed by atoms with van der Waals surface area (Å²) in [5.74, 6) is -0.960. The number of nitrogens with one attached hydrogen (secondary N) is 2. The van der Waals surface area contributed by atoms with Gasteiger partial charge in [-0.05, 0) is 49.2 Å². The van der Waals surface area contributed by atoms with Gasteiger partial charge in [0.25, 0.3) is 5.91 Å². The predicted octanol–water partition coefficient (Wildman–Crippen LogP) is 4.11. The summed E-state index contributed by atoms with van der Waals surface area (Å²) >= 11 is 3.39. The smallest absolute Gasteiger partial charge is 0.253 e. The Morgan fingerprint density at radius 2 is 1.70 bits per heavy atom. The van der Waals surface area contributed by atoms with Crippen molar-refractivity contribution in [3.05, 3.63) is 58.6 Å². The van der Waals surface area contributed by atoms with E-state index in [-0.39, 0.29) is 30.2 Å². The van der Waals surface area contributed by atoms with E-state index < -0.39 is 5.92 Å². The second-order valence-corrected chi connectivity index (χ2v) is 8.79. The van der Waals surface area contributed by atoms with Gasteiger partial charge in [0.15, 0.2) is 0 Å². The number of hydrogen-bond acceptors (Lipinski definition) is 3. The van der Waals surface area contributed by atoms with Crippen molar-refractivity contribution in [3.63, 3.8) is 0 Å². The number of carbonyl (C=O) groups excluding carboxylic acids is 3. The molecule has 0 spiro atoms. The number of benzene rings is 2. The molecule has 0 aromatic heterocycles. The van der Waals surface area contributed by atoms with Gasteiger partial charge in [-0.3, -0.25) is 14.4 Å². The van der Waals surface area contributed by atoms with Crippen LogP contribution in [0.4, 0.5) is 11.4 Å². The molecule has 2 aromatic rings. The van der Waals surface area contributed by atoms with Crippen molar-refractivity contribution in [2.75, 3.05) is 16.8 Å². The summed E-state index contributed by atoms with van der Waals surface area (Å²) in [6.07, 6.45) is 4.41. The van der Waals surface area contributed by atoms with Crippen molar-refractivity contribution in [1.29, 1.82) is 0 Å². The number of amides is 3. The average Bonchev–Trinajstić information content (AvgIpc) is 3.38. The zero-order valence-corrected chi connectivity index (χ0v) is 18.2. The van der Waals surface area contributed by atoms with Gasteiger partial charge in [-0.1, -0.05) is 40.9 Å². The van der Waals surface area contributed by atoms with E-state index in [2.05, 4.69) is 26.6 Å². The minimum absolute atomic E-state index is 0.0789. The maximum atomic E-state index is 12.9. The summed E-state index contributed by atoms with van der Waals surface area (Å²) in [7, 11) is 0. The van der Waals surface area contributed by atoms with Crippen molar-refractivity contribution < 1.29 is 14.4 Å². The molecule has 4 rings (SSSR count). The maximum Gasteiger partial charge on any atom is 0.253 e. The molecule has 1 heterocycles. The Bertz CT molecular complexity index is 954. The topological polar surface area (TPSA) is 78.5 Å². The van der Waals surface area contributed by atoms with E-state index in [1.54, 1.807) is 29.2 Å². The number of para-hydroxylation sites is 1. The Balaban J connectivity index is 1.43. The number of hydrogen-bond donors (Lipinski definition) is 2. The van der Waals surface area contributed by atoms with Gasteiger partial charge in [-0.25, -0.2) is 0 Å². The van der Waals surface area contributed by atoms with Gasteiger partial charge in [0, 0.05) is 29.2 Å². The van der Waals surface area contributed by atoms with Crippen LogP contribution in [0.1, 0.15) is 42.5 Å². The van der Waals surface area contributed by atoms with Gasteiger partial charge in [0.05, 0.1) is 17.2 Å². The number of rotatable bonds is 5. The van der Waals surface area contributed by atoms with Gasteiger partial charge in [0.1, 0.15) is 0 Å². The first-order valence-corrected chi connectivity index (χ1v) is 11.1. The van der Waals surface area contributed by atoms with Gasteiger partial charge >= 0.3 is 0 Å². The molecule has 7 heteroatoms. The molecule has 2 aliphatic rings. The first kappa shape index (κ1) is 20.6. The Labute approximate surface area is 184 Å². The molecule has 0 unspecified atom stereocenters. The quantitative estimate of drug-likeness (QED) is 0.691. The van der Waals surface area contributed by atoms with Crippen LogP contribution in [0.3, 0.4) is 0 Å². The zero-order chi connectivity index (χ0) is 21.1. The van der Waals surface area contributed by atoms with Gasteiger partial charge in [-0.15, -0.1) is 0 Å². The summed E-state index contributed by atoms with van der Waals surface area (Å²) < 4.78 is 0.930. The third-order valence-corrected chi connectivity index (χ3v) is 6.28. The highest BCUT2D eigenvalue weighted by atomic mass is 79.9. The van der Waals surface area contributed by atoms with Gasteiger partial charge in [-0.2, -0.15) is 0 Å². The summed E-state index contributed by atoms with van der Waals surface area (Å²) in [5, 5.41) is 5.94. The highest BCUT2D eigenvalue weighted by Crippen LogP contribution is 2.28. The summed E-state index contributed by atoms with van der Waals surface area (Å²) in [6, 6.07) is 14.7. The van der Waals surface area contributed by atoms with Crippen molar-refractivity contribution in [1.82, 2.24) is 5.32 Å². The van der Waals surface area contributed by atoms with Crippen LogP contribution in [-0.2, 0) is 9.59 Å². The standard InChI is InChI=1S/C23H24BrN3O3/c24-16-9-11-18(12-10-16)27-14-15(13-21(27)28)22(29)26-20-8-4-3-7-19(20)23(30)25-17-5-1-2-6-17/h3-4,7-12,15,17H,1-2,5-6,13-14H2,(H,25,30)(H,26,29)/t15-/m0/s1. The molecule has 0 bridgehead atoms. The molecule has 2 fully saturated rings. The van der Waals surface area contributed by atoms with Crippen molar-refractivity contribution in [3.8, 4) is 0 Å². The highest BCUT2D eigenvalue weighted by Gasteiger charge is 2.35. The summed E-state index contributed by atoms with van der Waals surface area (Å²) in [5.41, 5.74) is 1.70. The lowest BCUT2D eigenvalue weighted by Gasteiger charge is -2.18. The molecule has 6 nitrogen and oxygen atoms in total. The molecule has 30 heavy (non-hydrogen) atoms. The zero-order valence-electron chi connectivity index (χ0n) is 16.6. The van der Waals surface area contributed by atoms with E-state index in [0.717, 1.165) is 35.8 Å². The van der Waals surface area contributed by atoms with Crippen LogP contribution < -0.4 is 15.5 Å². The van der Waals surface area contributed by atoms with Crippen molar-refractivity contribution in [2.45, 2.75) is 38.1 Å². The molecular formula is C23H24BrN3O3. The number of anilines is 2. The number of nitrogens with zero attached hydrogens (tertiary/aromatic N) is 1. The maximum absolute atomic E-state index is 12.9. The van der Waals surface area contributed by atoms with Crippen molar-refractivity contribution in [2.24, 2.45) is 5.92 Å². The number of halogens is 1. The van der Waals surface area contributed by atoms with E-state index in [1.807, 2.05) is 24.3 Å². The Kier molecular flexibility index (Phi) is 6.18. The molecule has 1 saturated heterocycles. The van der Waals surface area contributed by atoms with Crippen LogP contribution in [0.15, 0.2) is 53.0 Å². The lowest BCUT2D eigenvalue weighted by molar-refractivity contribution is -0.122. The van der Waals surface area contributed by atoms with Gasteiger partial charge in [0.2, 0.25) is 11.8 Å². The van der Waals surface area contributed by atoms with E-state index in [1.165, 1.54) is 0 Å². The molecule has 1 atom stereocenters. The average molecular weight is 470 g/mol. The highest BCUT2D eigenvalue weighted by molar-refractivity contribution is 9.10. The third-order valence-electron chi connectivity index (χ3n) is 5.75. The molecule has 2 N–H and O–H groups in total. The first-order chi connectivity index (χ1) is 14.5. The molecule has 1 saturated carbocycles. The molecule has 1 aliphatic carbocycles. The van der Waals surface area contributed by atoms with Crippen LogP contribution in [-0.4, -0.2) is 30.3 Å². The van der Waals surface area contributed by atoms with E-state index in [4.69, 9.17) is 0 Å². The third kappa shape index (κ3) is 4.56. The molecule has 156 valence electrons. The fraction of sp³-hybridized carbons (Fsp3) is 0.348. The predicted molar refractivity (Wildman–Crippen MR) is 119 cm³/mol.